The number of aromatic nitrogens is 2. The zero-order valence-electron chi connectivity index (χ0n) is 7.32. The van der Waals surface area contributed by atoms with Crippen molar-refractivity contribution in [2.24, 2.45) is 0 Å². The predicted octanol–water partition coefficient (Wildman–Crippen LogP) is 0.243. The Morgan fingerprint density at radius 1 is 1.64 bits per heavy atom. The molecule has 2 heterocycles. The van der Waals surface area contributed by atoms with Gasteiger partial charge in [0.25, 0.3) is 5.91 Å². The molecular formula is C9H9N3O2. The number of nitrogens with one attached hydrogen (secondary N) is 2. The molecule has 3 N–H and O–H groups in total. The largest absolute Gasteiger partial charge is 0.376 e. The number of nitrogens with zero attached hydrogens (tertiary/aromatic N) is 1. The van der Waals surface area contributed by atoms with Gasteiger partial charge >= 0.3 is 0 Å². The monoisotopic (exact) mass is 191 g/mol. The van der Waals surface area contributed by atoms with Crippen molar-refractivity contribution in [1.29, 1.82) is 0 Å². The molecule has 5 nitrogen and oxygen atoms in total. The Hall–Kier alpha value is -1.88. The number of amides is 1. The fraction of sp³-hybridized carbons (Fsp3) is 0.111. The number of hydrogen-bond donors (Lipinski definition) is 3. The van der Waals surface area contributed by atoms with Crippen LogP contribution < -0.4 is 5.32 Å². The molecule has 14 heavy (non-hydrogen) atoms. The van der Waals surface area contributed by atoms with Crippen LogP contribution in [0.15, 0.2) is 24.5 Å². The highest BCUT2D eigenvalue weighted by molar-refractivity contribution is 5.95. The van der Waals surface area contributed by atoms with Gasteiger partial charge in [-0.15, -0.1) is 0 Å². The molecular weight excluding hydrogens is 182 g/mol. The number of fused-ring (bicyclic) bond motifs is 1. The third-order valence-corrected chi connectivity index (χ3v) is 1.91. The molecule has 2 aromatic rings. The maximum Gasteiger partial charge on any atom is 0.271 e. The normalized spacial score (nSPS) is 10.4. The summed E-state index contributed by atoms with van der Waals surface area (Å²) in [7, 11) is 0. The first-order chi connectivity index (χ1) is 6.81. The summed E-state index contributed by atoms with van der Waals surface area (Å²) in [6.45, 7) is -0.383. The molecule has 0 aliphatic rings. The third-order valence-electron chi connectivity index (χ3n) is 1.91. The van der Waals surface area contributed by atoms with Gasteiger partial charge in [-0.05, 0) is 12.1 Å². The van der Waals surface area contributed by atoms with E-state index < -0.39 is 0 Å². The van der Waals surface area contributed by atoms with Crippen molar-refractivity contribution in [3.63, 3.8) is 0 Å². The second-order valence-electron chi connectivity index (χ2n) is 2.80. The summed E-state index contributed by atoms with van der Waals surface area (Å²) in [4.78, 5) is 18.2. The van der Waals surface area contributed by atoms with Crippen molar-refractivity contribution in [2.45, 2.75) is 0 Å². The molecule has 0 fully saturated rings. The maximum absolute atomic E-state index is 11.3. The second-order valence-corrected chi connectivity index (χ2v) is 2.80. The van der Waals surface area contributed by atoms with Gasteiger partial charge in [-0.25, -0.2) is 4.98 Å². The van der Waals surface area contributed by atoms with Crippen molar-refractivity contribution < 1.29 is 9.90 Å². The molecule has 72 valence electrons. The summed E-state index contributed by atoms with van der Waals surface area (Å²) >= 11 is 0. The van der Waals surface area contributed by atoms with Gasteiger partial charge in [-0.1, -0.05) is 0 Å². The number of pyridine rings is 1. The van der Waals surface area contributed by atoms with Gasteiger partial charge < -0.3 is 15.4 Å². The number of rotatable bonds is 2. The van der Waals surface area contributed by atoms with Gasteiger partial charge in [0.1, 0.15) is 12.4 Å². The van der Waals surface area contributed by atoms with Crippen molar-refractivity contribution in [1.82, 2.24) is 15.3 Å². The fourth-order valence-electron chi connectivity index (χ4n) is 1.24. The van der Waals surface area contributed by atoms with E-state index in [1.165, 1.54) is 0 Å². The Kier molecular flexibility index (Phi) is 2.16. The third kappa shape index (κ3) is 1.45. The molecule has 0 spiro atoms. The summed E-state index contributed by atoms with van der Waals surface area (Å²) in [5.41, 5.74) is 1.18. The predicted molar refractivity (Wildman–Crippen MR) is 50.6 cm³/mol. The highest BCUT2D eigenvalue weighted by Crippen LogP contribution is 2.11. The van der Waals surface area contributed by atoms with Gasteiger partial charge in [-0.2, -0.15) is 0 Å². The van der Waals surface area contributed by atoms with Gasteiger partial charge in [0.15, 0.2) is 0 Å². The Morgan fingerprint density at radius 3 is 3.29 bits per heavy atom. The van der Waals surface area contributed by atoms with E-state index in [-0.39, 0.29) is 12.6 Å². The zero-order chi connectivity index (χ0) is 9.97. The topological polar surface area (TPSA) is 78.0 Å². The number of hydrogen-bond acceptors (Lipinski definition) is 3. The lowest BCUT2D eigenvalue weighted by molar-refractivity contribution is 0.0905. The molecule has 0 bridgehead atoms. The molecule has 0 unspecified atom stereocenters. The molecule has 2 rings (SSSR count). The lowest BCUT2D eigenvalue weighted by atomic mass is 10.2. The summed E-state index contributed by atoms with van der Waals surface area (Å²) in [5, 5.41) is 11.7. The van der Waals surface area contributed by atoms with Gasteiger partial charge in [-0.3, -0.25) is 4.79 Å². The van der Waals surface area contributed by atoms with E-state index in [2.05, 4.69) is 15.3 Å². The van der Waals surface area contributed by atoms with Crippen molar-refractivity contribution in [3.05, 3.63) is 30.2 Å². The van der Waals surface area contributed by atoms with Crippen LogP contribution in [0.5, 0.6) is 0 Å². The number of aliphatic hydroxyl groups excluding tert-OH is 1. The SMILES string of the molecule is O=C(NCO)c1cc2cc[nH]c2cn1. The molecule has 0 saturated heterocycles. The fourth-order valence-corrected chi connectivity index (χ4v) is 1.24. The average Bonchev–Trinajstić information content (AvgIpc) is 2.64. The lowest BCUT2D eigenvalue weighted by Crippen LogP contribution is -2.24. The molecule has 0 atom stereocenters. The van der Waals surface area contributed by atoms with E-state index in [0.717, 1.165) is 10.9 Å². The summed E-state index contributed by atoms with van der Waals surface area (Å²) < 4.78 is 0. The van der Waals surface area contributed by atoms with Crippen LogP contribution in [-0.2, 0) is 0 Å². The first-order valence-corrected chi connectivity index (χ1v) is 4.13. The van der Waals surface area contributed by atoms with Crippen LogP contribution in [0, 0.1) is 0 Å². The molecule has 0 aromatic carbocycles. The van der Waals surface area contributed by atoms with E-state index in [0.29, 0.717) is 5.69 Å². The Morgan fingerprint density at radius 2 is 2.50 bits per heavy atom. The molecule has 2 aromatic heterocycles. The molecule has 0 aliphatic heterocycles. The molecule has 0 aliphatic carbocycles. The van der Waals surface area contributed by atoms with Crippen LogP contribution in [0.3, 0.4) is 0 Å². The second kappa shape index (κ2) is 3.47. The number of carbonyl (C=O) groups excluding carboxylic acids is 1. The minimum atomic E-state index is -0.383. The van der Waals surface area contributed by atoms with Gasteiger partial charge in [0.05, 0.1) is 11.7 Å². The van der Waals surface area contributed by atoms with E-state index >= 15 is 0 Å². The van der Waals surface area contributed by atoms with Crippen LogP contribution in [0.25, 0.3) is 10.9 Å². The molecule has 0 saturated carbocycles. The van der Waals surface area contributed by atoms with Crippen molar-refractivity contribution >= 4 is 16.8 Å². The van der Waals surface area contributed by atoms with E-state index in [4.69, 9.17) is 5.11 Å². The molecule has 5 heteroatoms. The minimum Gasteiger partial charge on any atom is -0.376 e. The molecule has 1 amide bonds. The van der Waals surface area contributed by atoms with Crippen LogP contribution in [-0.4, -0.2) is 27.7 Å². The van der Waals surface area contributed by atoms with Crippen LogP contribution >= 0.6 is 0 Å². The van der Waals surface area contributed by atoms with Crippen LogP contribution in [0.4, 0.5) is 0 Å². The van der Waals surface area contributed by atoms with Crippen molar-refractivity contribution in [3.8, 4) is 0 Å². The van der Waals surface area contributed by atoms with Crippen LogP contribution in [0.1, 0.15) is 10.5 Å². The average molecular weight is 191 g/mol. The number of H-pyrrole nitrogens is 1. The van der Waals surface area contributed by atoms with E-state index in [9.17, 15) is 4.79 Å². The maximum atomic E-state index is 11.3. The van der Waals surface area contributed by atoms with Gasteiger partial charge in [0.2, 0.25) is 0 Å². The number of carbonyl (C=O) groups is 1. The van der Waals surface area contributed by atoms with E-state index in [1.54, 1.807) is 18.5 Å². The highest BCUT2D eigenvalue weighted by atomic mass is 16.3. The number of aromatic amines is 1. The highest BCUT2D eigenvalue weighted by Gasteiger charge is 2.06. The first kappa shape index (κ1) is 8.71. The Bertz CT molecular complexity index is 464. The summed E-state index contributed by atoms with van der Waals surface area (Å²) in [6.07, 6.45) is 3.36. The quantitative estimate of drug-likeness (QED) is 0.595. The lowest BCUT2D eigenvalue weighted by Gasteiger charge is -2.00. The Labute approximate surface area is 79.8 Å². The summed E-state index contributed by atoms with van der Waals surface area (Å²) in [5.74, 6) is -0.379. The minimum absolute atomic E-state index is 0.297. The smallest absolute Gasteiger partial charge is 0.271 e. The van der Waals surface area contributed by atoms with Gasteiger partial charge in [0, 0.05) is 11.6 Å². The standard InChI is InChI=1S/C9H9N3O2/c13-5-12-9(14)7-3-6-1-2-10-8(6)4-11-7/h1-4,10,13H,5H2,(H,12,14). The number of aliphatic hydroxyl groups is 1. The summed E-state index contributed by atoms with van der Waals surface area (Å²) in [6, 6.07) is 3.52. The van der Waals surface area contributed by atoms with Crippen molar-refractivity contribution in [2.75, 3.05) is 6.73 Å². The zero-order valence-corrected chi connectivity index (χ0v) is 7.32. The van der Waals surface area contributed by atoms with E-state index in [1.807, 2.05) is 6.07 Å². The van der Waals surface area contributed by atoms with Crippen LogP contribution in [0.2, 0.25) is 0 Å². The Balaban J connectivity index is 2.38. The molecule has 0 radical (unpaired) electrons. The first-order valence-electron chi connectivity index (χ1n) is 4.13.